The van der Waals surface area contributed by atoms with Crippen LogP contribution in [0.25, 0.3) is 0 Å². The molecule has 0 radical (unpaired) electrons. The summed E-state index contributed by atoms with van der Waals surface area (Å²) in [4.78, 5) is 0. The van der Waals surface area contributed by atoms with Crippen molar-refractivity contribution in [3.63, 3.8) is 0 Å². The Bertz CT molecular complexity index is 380. The highest BCUT2D eigenvalue weighted by Gasteiger charge is 2.49. The fourth-order valence-corrected chi connectivity index (χ4v) is 2.80. The minimum atomic E-state index is -1.63. The summed E-state index contributed by atoms with van der Waals surface area (Å²) < 4.78 is 15.9. The minimum Gasteiger partial charge on any atom is -0.394 e. The summed E-state index contributed by atoms with van der Waals surface area (Å²) in [7, 11) is 0. The normalized spacial score (nSPS) is 51.7. The van der Waals surface area contributed by atoms with Crippen LogP contribution in [0.2, 0.25) is 0 Å². The molecule has 0 bridgehead atoms. The number of aliphatic hydroxyl groups is 7. The highest BCUT2D eigenvalue weighted by Crippen LogP contribution is 2.28. The van der Waals surface area contributed by atoms with Crippen molar-refractivity contribution < 1.29 is 50.0 Å². The molecule has 10 unspecified atom stereocenters. The van der Waals surface area contributed by atoms with E-state index in [9.17, 15) is 25.5 Å². The van der Waals surface area contributed by atoms with E-state index in [1.54, 1.807) is 0 Å². The summed E-state index contributed by atoms with van der Waals surface area (Å²) in [5, 5.41) is 67.5. The molecule has 0 aliphatic carbocycles. The number of ether oxygens (including phenoxy) is 3. The lowest BCUT2D eigenvalue weighted by Crippen LogP contribution is -2.63. The molecule has 0 aromatic heterocycles. The third kappa shape index (κ3) is 3.66. The molecule has 7 N–H and O–H groups in total. The van der Waals surface area contributed by atoms with Gasteiger partial charge in [-0.3, -0.25) is 0 Å². The molecule has 0 aromatic carbocycles. The quantitative estimate of drug-likeness (QED) is 0.265. The minimum absolute atomic E-state index is 0.491. The molecule has 2 heterocycles. The third-order valence-corrected chi connectivity index (χ3v) is 4.24. The SMILES string of the molecule is CC1OC(CO)C(O)C(O)C1OC1OC(CO)C(O)C(O)C1O. The second-order valence-electron chi connectivity index (χ2n) is 5.84. The van der Waals surface area contributed by atoms with Gasteiger partial charge in [0.05, 0.1) is 19.3 Å². The summed E-state index contributed by atoms with van der Waals surface area (Å²) in [5.41, 5.74) is 0. The second kappa shape index (κ2) is 7.66. The largest absolute Gasteiger partial charge is 0.394 e. The molecule has 0 spiro atoms. The fourth-order valence-electron chi connectivity index (χ4n) is 2.80. The molecule has 2 aliphatic heterocycles. The van der Waals surface area contributed by atoms with Crippen molar-refractivity contribution in [3.05, 3.63) is 0 Å². The molecule has 10 atom stereocenters. The molecular formula is C13H24O10. The van der Waals surface area contributed by atoms with Gasteiger partial charge in [-0.15, -0.1) is 0 Å². The number of rotatable bonds is 4. The fraction of sp³-hybridized carbons (Fsp3) is 1.00. The lowest BCUT2D eigenvalue weighted by atomic mass is 9.95. The van der Waals surface area contributed by atoms with E-state index in [1.807, 2.05) is 0 Å². The van der Waals surface area contributed by atoms with Crippen LogP contribution in [0.1, 0.15) is 6.92 Å². The smallest absolute Gasteiger partial charge is 0.187 e. The van der Waals surface area contributed by atoms with Crippen molar-refractivity contribution in [2.75, 3.05) is 13.2 Å². The molecule has 0 saturated carbocycles. The van der Waals surface area contributed by atoms with Gasteiger partial charge in [-0.2, -0.15) is 0 Å². The van der Waals surface area contributed by atoms with E-state index in [-0.39, 0.29) is 0 Å². The Labute approximate surface area is 132 Å². The maximum atomic E-state index is 10.1. The first-order chi connectivity index (χ1) is 10.8. The van der Waals surface area contributed by atoms with Gasteiger partial charge in [-0.1, -0.05) is 0 Å². The van der Waals surface area contributed by atoms with Gasteiger partial charge < -0.3 is 50.0 Å². The van der Waals surface area contributed by atoms with Crippen LogP contribution in [-0.4, -0.2) is 110 Å². The zero-order valence-electron chi connectivity index (χ0n) is 12.5. The monoisotopic (exact) mass is 340 g/mol. The topological polar surface area (TPSA) is 169 Å². The summed E-state index contributed by atoms with van der Waals surface area (Å²) in [5.74, 6) is 0. The first kappa shape index (κ1) is 18.9. The maximum Gasteiger partial charge on any atom is 0.187 e. The predicted molar refractivity (Wildman–Crippen MR) is 72.1 cm³/mol. The molecule has 2 fully saturated rings. The molecule has 2 aliphatic rings. The highest BCUT2D eigenvalue weighted by molar-refractivity contribution is 4.94. The average Bonchev–Trinajstić information content (AvgIpc) is 2.54. The molecule has 2 saturated heterocycles. The lowest BCUT2D eigenvalue weighted by Gasteiger charge is -2.45. The lowest BCUT2D eigenvalue weighted by molar-refractivity contribution is -0.340. The van der Waals surface area contributed by atoms with Crippen LogP contribution in [0, 0.1) is 0 Å². The Morgan fingerprint density at radius 1 is 0.739 bits per heavy atom. The van der Waals surface area contributed by atoms with Crippen LogP contribution in [0.15, 0.2) is 0 Å². The zero-order valence-corrected chi connectivity index (χ0v) is 12.5. The van der Waals surface area contributed by atoms with Crippen molar-refractivity contribution in [3.8, 4) is 0 Å². The second-order valence-corrected chi connectivity index (χ2v) is 5.84. The Hall–Kier alpha value is -0.400. The van der Waals surface area contributed by atoms with Crippen molar-refractivity contribution in [1.82, 2.24) is 0 Å². The van der Waals surface area contributed by atoms with E-state index in [4.69, 9.17) is 24.4 Å². The van der Waals surface area contributed by atoms with Crippen LogP contribution < -0.4 is 0 Å². The highest BCUT2D eigenvalue weighted by atomic mass is 16.7. The zero-order chi connectivity index (χ0) is 17.3. The molecule has 2 rings (SSSR count). The van der Waals surface area contributed by atoms with E-state index >= 15 is 0 Å². The van der Waals surface area contributed by atoms with Crippen molar-refractivity contribution >= 4 is 0 Å². The van der Waals surface area contributed by atoms with Crippen molar-refractivity contribution in [2.24, 2.45) is 0 Å². The molecule has 10 nitrogen and oxygen atoms in total. The van der Waals surface area contributed by atoms with Gasteiger partial charge >= 0.3 is 0 Å². The van der Waals surface area contributed by atoms with Crippen molar-refractivity contribution in [1.29, 1.82) is 0 Å². The summed E-state index contributed by atoms with van der Waals surface area (Å²) >= 11 is 0. The van der Waals surface area contributed by atoms with Gasteiger partial charge in [-0.05, 0) is 6.92 Å². The number of hydrogen-bond donors (Lipinski definition) is 7. The van der Waals surface area contributed by atoms with E-state index in [0.29, 0.717) is 0 Å². The first-order valence-corrected chi connectivity index (χ1v) is 7.40. The Morgan fingerprint density at radius 3 is 1.83 bits per heavy atom. The van der Waals surface area contributed by atoms with Crippen LogP contribution in [0.5, 0.6) is 0 Å². The maximum absolute atomic E-state index is 10.1. The average molecular weight is 340 g/mol. The van der Waals surface area contributed by atoms with Gasteiger partial charge in [0.15, 0.2) is 6.29 Å². The molecule has 136 valence electrons. The molecule has 10 heteroatoms. The molecular weight excluding hydrogens is 316 g/mol. The van der Waals surface area contributed by atoms with Crippen LogP contribution in [0.3, 0.4) is 0 Å². The Balaban J connectivity index is 2.08. The Kier molecular flexibility index (Phi) is 6.30. The van der Waals surface area contributed by atoms with Crippen LogP contribution >= 0.6 is 0 Å². The predicted octanol–water partition coefficient (Wildman–Crippen LogP) is -4.33. The van der Waals surface area contributed by atoms with Crippen molar-refractivity contribution in [2.45, 2.75) is 68.1 Å². The number of aliphatic hydroxyl groups excluding tert-OH is 7. The first-order valence-electron chi connectivity index (χ1n) is 7.40. The standard InChI is InChI=1S/C13H24O10/c1-4-12(10(19)8(17)5(2-14)21-4)23-13-11(20)9(18)7(16)6(3-15)22-13/h4-20H,2-3H2,1H3. The van der Waals surface area contributed by atoms with Crippen LogP contribution in [0.4, 0.5) is 0 Å². The van der Waals surface area contributed by atoms with Gasteiger partial charge in [0, 0.05) is 0 Å². The number of hydrogen-bond acceptors (Lipinski definition) is 10. The van der Waals surface area contributed by atoms with Gasteiger partial charge in [0.1, 0.15) is 48.8 Å². The summed E-state index contributed by atoms with van der Waals surface area (Å²) in [6.07, 6.45) is -13.0. The van der Waals surface area contributed by atoms with E-state index in [2.05, 4.69) is 0 Å². The molecule has 0 aromatic rings. The Morgan fingerprint density at radius 2 is 1.26 bits per heavy atom. The summed E-state index contributed by atoms with van der Waals surface area (Å²) in [6, 6.07) is 0. The third-order valence-electron chi connectivity index (χ3n) is 4.24. The van der Waals surface area contributed by atoms with Crippen LogP contribution in [-0.2, 0) is 14.2 Å². The van der Waals surface area contributed by atoms with E-state index in [0.717, 1.165) is 0 Å². The summed E-state index contributed by atoms with van der Waals surface area (Å²) in [6.45, 7) is 0.432. The van der Waals surface area contributed by atoms with E-state index < -0.39 is 74.4 Å². The van der Waals surface area contributed by atoms with Gasteiger partial charge in [0.2, 0.25) is 0 Å². The van der Waals surface area contributed by atoms with Gasteiger partial charge in [0.25, 0.3) is 0 Å². The molecule has 0 amide bonds. The molecule has 23 heavy (non-hydrogen) atoms. The van der Waals surface area contributed by atoms with Gasteiger partial charge in [-0.25, -0.2) is 0 Å². The van der Waals surface area contributed by atoms with E-state index in [1.165, 1.54) is 6.92 Å².